The molecule has 142 valence electrons. The summed E-state index contributed by atoms with van der Waals surface area (Å²) in [4.78, 5) is 34.5. The first-order valence-electron chi connectivity index (χ1n) is 9.21. The van der Waals surface area contributed by atoms with Crippen LogP contribution in [0.25, 0.3) is 0 Å². The molecule has 1 aliphatic heterocycles. The Kier molecular flexibility index (Phi) is 6.46. The summed E-state index contributed by atoms with van der Waals surface area (Å²) in [5, 5.41) is 2.98. The minimum Gasteiger partial charge on any atom is -0.348 e. The maximum Gasteiger partial charge on any atom is 0.271 e. The fraction of sp³-hybridized carbons (Fsp3) is 0.400. The highest BCUT2D eigenvalue weighted by Crippen LogP contribution is 2.14. The number of aromatic nitrogens is 2. The van der Waals surface area contributed by atoms with Gasteiger partial charge in [0, 0.05) is 37.9 Å². The number of hydrogen-bond donors (Lipinski definition) is 1. The Balaban J connectivity index is 1.46. The fourth-order valence-electron chi connectivity index (χ4n) is 3.23. The van der Waals surface area contributed by atoms with Gasteiger partial charge in [-0.05, 0) is 43.4 Å². The van der Waals surface area contributed by atoms with Crippen LogP contribution in [0.3, 0.4) is 0 Å². The van der Waals surface area contributed by atoms with Gasteiger partial charge in [-0.15, -0.1) is 0 Å². The Morgan fingerprint density at radius 1 is 1.15 bits per heavy atom. The summed E-state index contributed by atoms with van der Waals surface area (Å²) in [5.74, 6) is -0.406. The number of likely N-dealkylation sites (tertiary alicyclic amines) is 1. The zero-order chi connectivity index (χ0) is 19.1. The van der Waals surface area contributed by atoms with Gasteiger partial charge in [-0.3, -0.25) is 14.6 Å². The van der Waals surface area contributed by atoms with Gasteiger partial charge in [-0.25, -0.2) is 9.37 Å². The van der Waals surface area contributed by atoms with Crippen molar-refractivity contribution in [2.75, 3.05) is 13.1 Å². The molecule has 1 aliphatic rings. The molecule has 1 aromatic carbocycles. The van der Waals surface area contributed by atoms with Gasteiger partial charge in [0.25, 0.3) is 5.91 Å². The van der Waals surface area contributed by atoms with E-state index in [-0.39, 0.29) is 23.7 Å². The number of benzene rings is 1. The number of aryl methyl sites for hydroxylation is 1. The maximum atomic E-state index is 12.9. The molecule has 0 unspecified atom stereocenters. The van der Waals surface area contributed by atoms with Gasteiger partial charge in [0.2, 0.25) is 5.91 Å². The van der Waals surface area contributed by atoms with Crippen molar-refractivity contribution in [2.24, 2.45) is 0 Å². The molecule has 6 nitrogen and oxygen atoms in total. The van der Waals surface area contributed by atoms with Crippen LogP contribution in [0, 0.1) is 5.82 Å². The summed E-state index contributed by atoms with van der Waals surface area (Å²) in [5.41, 5.74) is 1.25. The van der Waals surface area contributed by atoms with E-state index in [1.54, 1.807) is 12.1 Å². The maximum absolute atomic E-state index is 12.9. The molecule has 0 saturated carbocycles. The Bertz CT molecular complexity index is 767. The topological polar surface area (TPSA) is 75.2 Å². The van der Waals surface area contributed by atoms with Crippen molar-refractivity contribution in [1.29, 1.82) is 0 Å². The number of carbonyl (C=O) groups excluding carboxylic acids is 2. The zero-order valence-corrected chi connectivity index (χ0v) is 15.1. The minimum atomic E-state index is -0.271. The van der Waals surface area contributed by atoms with Crippen LogP contribution in [0.1, 0.15) is 41.7 Å². The number of nitrogens with zero attached hydrogens (tertiary/aromatic N) is 3. The predicted octanol–water partition coefficient (Wildman–Crippen LogP) is 2.36. The summed E-state index contributed by atoms with van der Waals surface area (Å²) in [7, 11) is 0. The molecule has 1 saturated heterocycles. The third kappa shape index (κ3) is 5.57. The average molecular weight is 370 g/mol. The van der Waals surface area contributed by atoms with E-state index in [0.29, 0.717) is 38.0 Å². The summed E-state index contributed by atoms with van der Waals surface area (Å²) in [6.07, 6.45) is 7.85. The summed E-state index contributed by atoms with van der Waals surface area (Å²) < 4.78 is 12.9. The Labute approximate surface area is 157 Å². The molecular formula is C20H23FN4O2. The summed E-state index contributed by atoms with van der Waals surface area (Å²) in [6.45, 7) is 1.31. The van der Waals surface area contributed by atoms with Crippen molar-refractivity contribution >= 4 is 11.8 Å². The van der Waals surface area contributed by atoms with Crippen molar-refractivity contribution in [3.63, 3.8) is 0 Å². The van der Waals surface area contributed by atoms with E-state index in [4.69, 9.17) is 0 Å². The zero-order valence-electron chi connectivity index (χ0n) is 15.1. The molecule has 1 N–H and O–H groups in total. The van der Waals surface area contributed by atoms with E-state index in [9.17, 15) is 14.0 Å². The number of amides is 2. The molecule has 7 heteroatoms. The highest BCUT2D eigenvalue weighted by molar-refractivity contribution is 5.92. The van der Waals surface area contributed by atoms with Crippen molar-refractivity contribution in [2.45, 2.75) is 38.1 Å². The lowest BCUT2D eigenvalue weighted by Crippen LogP contribution is -2.37. The second-order valence-corrected chi connectivity index (χ2v) is 6.70. The minimum absolute atomic E-state index is 0.0226. The van der Waals surface area contributed by atoms with Crippen LogP contribution in [0.15, 0.2) is 42.9 Å². The van der Waals surface area contributed by atoms with E-state index in [2.05, 4.69) is 15.3 Å². The van der Waals surface area contributed by atoms with E-state index in [1.165, 1.54) is 30.7 Å². The van der Waals surface area contributed by atoms with Crippen LogP contribution in [-0.2, 0) is 11.2 Å². The van der Waals surface area contributed by atoms with Crippen molar-refractivity contribution < 1.29 is 14.0 Å². The molecule has 0 spiro atoms. The van der Waals surface area contributed by atoms with Crippen LogP contribution in [0.5, 0.6) is 0 Å². The van der Waals surface area contributed by atoms with Gasteiger partial charge in [-0.2, -0.15) is 0 Å². The lowest BCUT2D eigenvalue weighted by molar-refractivity contribution is -0.131. The SMILES string of the molecule is O=C(N[C@@H]1CCCN(C(=O)CCc2ccc(F)cc2)CC1)c1cnccn1. The molecule has 2 aromatic rings. The molecule has 0 aliphatic carbocycles. The third-order valence-electron chi connectivity index (χ3n) is 4.75. The normalized spacial score (nSPS) is 17.2. The van der Waals surface area contributed by atoms with Crippen molar-refractivity contribution in [3.8, 4) is 0 Å². The first kappa shape index (κ1) is 18.9. The fourth-order valence-corrected chi connectivity index (χ4v) is 3.23. The Morgan fingerprint density at radius 2 is 1.96 bits per heavy atom. The van der Waals surface area contributed by atoms with E-state index in [1.807, 2.05) is 4.90 Å². The van der Waals surface area contributed by atoms with Crippen molar-refractivity contribution in [1.82, 2.24) is 20.2 Å². The van der Waals surface area contributed by atoms with Crippen LogP contribution >= 0.6 is 0 Å². The molecule has 3 rings (SSSR count). The monoisotopic (exact) mass is 370 g/mol. The average Bonchev–Trinajstić information content (AvgIpc) is 2.93. The first-order valence-corrected chi connectivity index (χ1v) is 9.21. The molecule has 2 amide bonds. The lowest BCUT2D eigenvalue weighted by Gasteiger charge is -2.21. The highest BCUT2D eigenvalue weighted by atomic mass is 19.1. The Hall–Kier alpha value is -2.83. The van der Waals surface area contributed by atoms with Crippen LogP contribution in [0.2, 0.25) is 0 Å². The van der Waals surface area contributed by atoms with Crippen LogP contribution in [0.4, 0.5) is 4.39 Å². The molecule has 1 atom stereocenters. The van der Waals surface area contributed by atoms with Gasteiger partial charge < -0.3 is 10.2 Å². The van der Waals surface area contributed by atoms with E-state index in [0.717, 1.165) is 18.4 Å². The van der Waals surface area contributed by atoms with Gasteiger partial charge in [0.1, 0.15) is 11.5 Å². The summed E-state index contributed by atoms with van der Waals surface area (Å²) in [6, 6.07) is 6.27. The second-order valence-electron chi connectivity index (χ2n) is 6.70. The van der Waals surface area contributed by atoms with Gasteiger partial charge in [0.05, 0.1) is 6.20 Å². The number of halogens is 1. The van der Waals surface area contributed by atoms with Crippen LogP contribution < -0.4 is 5.32 Å². The summed E-state index contributed by atoms with van der Waals surface area (Å²) >= 11 is 0. The standard InChI is InChI=1S/C20H23FN4O2/c21-16-6-3-15(4-7-16)5-8-19(26)25-12-1-2-17(9-13-25)24-20(27)18-14-22-10-11-23-18/h3-4,6-7,10-11,14,17H,1-2,5,8-9,12-13H2,(H,24,27)/t17-/m1/s1. The number of hydrogen-bond acceptors (Lipinski definition) is 4. The second kappa shape index (κ2) is 9.21. The molecule has 1 aromatic heterocycles. The molecule has 0 bridgehead atoms. The first-order chi connectivity index (χ1) is 13.1. The Morgan fingerprint density at radius 3 is 2.70 bits per heavy atom. The number of carbonyl (C=O) groups is 2. The molecule has 2 heterocycles. The van der Waals surface area contributed by atoms with Gasteiger partial charge >= 0.3 is 0 Å². The van der Waals surface area contributed by atoms with E-state index >= 15 is 0 Å². The van der Waals surface area contributed by atoms with Gasteiger partial charge in [0.15, 0.2) is 0 Å². The van der Waals surface area contributed by atoms with E-state index < -0.39 is 0 Å². The number of nitrogens with one attached hydrogen (secondary N) is 1. The third-order valence-corrected chi connectivity index (χ3v) is 4.75. The van der Waals surface area contributed by atoms with Gasteiger partial charge in [-0.1, -0.05) is 12.1 Å². The molecule has 0 radical (unpaired) electrons. The predicted molar refractivity (Wildman–Crippen MR) is 98.4 cm³/mol. The van der Waals surface area contributed by atoms with Crippen molar-refractivity contribution in [3.05, 3.63) is 59.9 Å². The molecule has 27 heavy (non-hydrogen) atoms. The smallest absolute Gasteiger partial charge is 0.271 e. The number of rotatable bonds is 5. The largest absolute Gasteiger partial charge is 0.348 e. The quantitative estimate of drug-likeness (QED) is 0.877. The highest BCUT2D eigenvalue weighted by Gasteiger charge is 2.22. The molecule has 1 fully saturated rings. The lowest BCUT2D eigenvalue weighted by atomic mass is 10.1. The van der Waals surface area contributed by atoms with Crippen LogP contribution in [-0.4, -0.2) is 45.8 Å². The molecular weight excluding hydrogens is 347 g/mol.